The maximum absolute atomic E-state index is 11.4. The molecule has 0 saturated heterocycles. The summed E-state index contributed by atoms with van der Waals surface area (Å²) in [5, 5.41) is 0. The van der Waals surface area contributed by atoms with Gasteiger partial charge in [0.2, 0.25) is 5.82 Å². The number of benzene rings is 1. The Morgan fingerprint density at radius 3 is 2.68 bits per heavy atom. The molecule has 0 fully saturated rings. The first kappa shape index (κ1) is 13.0. The highest BCUT2D eigenvalue weighted by Gasteiger charge is 2.11. The molecule has 5 nitrogen and oxygen atoms in total. The average molecular weight is 257 g/mol. The number of aromatic nitrogens is 2. The Kier molecular flexibility index (Phi) is 4.07. The minimum atomic E-state index is -0.532. The van der Waals surface area contributed by atoms with Crippen LogP contribution in [0.15, 0.2) is 42.6 Å². The average Bonchev–Trinajstić information content (AvgIpc) is 2.47. The van der Waals surface area contributed by atoms with E-state index in [-0.39, 0.29) is 5.82 Å². The molecule has 98 valence electrons. The number of rotatable bonds is 4. The monoisotopic (exact) mass is 257 g/mol. The van der Waals surface area contributed by atoms with Gasteiger partial charge in [-0.25, -0.2) is 14.8 Å². The van der Waals surface area contributed by atoms with Crippen molar-refractivity contribution in [3.8, 4) is 0 Å². The molecule has 0 aliphatic heterocycles. The summed E-state index contributed by atoms with van der Waals surface area (Å²) >= 11 is 0. The van der Waals surface area contributed by atoms with Crippen LogP contribution in [0.4, 0.5) is 5.82 Å². The summed E-state index contributed by atoms with van der Waals surface area (Å²) in [6.07, 6.45) is 1.55. The van der Waals surface area contributed by atoms with Crippen LogP contribution in [0.3, 0.4) is 0 Å². The van der Waals surface area contributed by atoms with Crippen LogP contribution in [0.5, 0.6) is 0 Å². The number of hydrogen-bond acceptors (Lipinski definition) is 5. The first-order valence-corrected chi connectivity index (χ1v) is 5.87. The zero-order valence-corrected chi connectivity index (χ0v) is 10.9. The quantitative estimate of drug-likeness (QED) is 0.783. The van der Waals surface area contributed by atoms with Crippen LogP contribution in [-0.2, 0) is 11.3 Å². The zero-order valence-electron chi connectivity index (χ0n) is 10.9. The molecule has 0 atom stereocenters. The second-order valence-electron chi connectivity index (χ2n) is 4.07. The predicted octanol–water partition coefficient (Wildman–Crippen LogP) is 1.90. The molecule has 2 aromatic rings. The van der Waals surface area contributed by atoms with Crippen LogP contribution in [0.1, 0.15) is 16.2 Å². The van der Waals surface area contributed by atoms with Gasteiger partial charge in [-0.05, 0) is 11.6 Å². The first-order chi connectivity index (χ1) is 9.20. The van der Waals surface area contributed by atoms with Gasteiger partial charge in [0.05, 0.1) is 7.11 Å². The van der Waals surface area contributed by atoms with Gasteiger partial charge in [-0.2, -0.15) is 0 Å². The second-order valence-corrected chi connectivity index (χ2v) is 4.07. The van der Waals surface area contributed by atoms with Crippen LogP contribution >= 0.6 is 0 Å². The lowest BCUT2D eigenvalue weighted by Crippen LogP contribution is -2.19. The standard InChI is InChI=1S/C14H15N3O2/c1-17(10-11-6-4-3-5-7-11)12-8-9-15-13(16-12)14(18)19-2/h3-9H,10H2,1-2H3. The van der Waals surface area contributed by atoms with E-state index in [9.17, 15) is 4.79 Å². The lowest BCUT2D eigenvalue weighted by atomic mass is 10.2. The van der Waals surface area contributed by atoms with Crippen molar-refractivity contribution in [1.82, 2.24) is 9.97 Å². The summed E-state index contributed by atoms with van der Waals surface area (Å²) in [5.41, 5.74) is 1.17. The highest BCUT2D eigenvalue weighted by molar-refractivity contribution is 5.85. The van der Waals surface area contributed by atoms with Gasteiger partial charge in [0.25, 0.3) is 0 Å². The molecule has 0 aliphatic carbocycles. The number of esters is 1. The Morgan fingerprint density at radius 1 is 1.26 bits per heavy atom. The molecule has 0 amide bonds. The Labute approximate surface area is 111 Å². The lowest BCUT2D eigenvalue weighted by molar-refractivity contribution is 0.0587. The maximum Gasteiger partial charge on any atom is 0.376 e. The summed E-state index contributed by atoms with van der Waals surface area (Å²) < 4.78 is 4.61. The molecule has 0 N–H and O–H groups in total. The van der Waals surface area contributed by atoms with E-state index < -0.39 is 5.97 Å². The van der Waals surface area contributed by atoms with Gasteiger partial charge < -0.3 is 9.64 Å². The van der Waals surface area contributed by atoms with E-state index in [1.165, 1.54) is 12.7 Å². The van der Waals surface area contributed by atoms with E-state index in [1.54, 1.807) is 12.3 Å². The van der Waals surface area contributed by atoms with Gasteiger partial charge in [-0.3, -0.25) is 0 Å². The van der Waals surface area contributed by atoms with E-state index in [1.807, 2.05) is 42.3 Å². The molecule has 0 saturated carbocycles. The van der Waals surface area contributed by atoms with Gasteiger partial charge >= 0.3 is 5.97 Å². The van der Waals surface area contributed by atoms with Gasteiger partial charge in [0.1, 0.15) is 5.82 Å². The number of carbonyl (C=O) groups excluding carboxylic acids is 1. The molecule has 5 heteroatoms. The topological polar surface area (TPSA) is 55.3 Å². The smallest absolute Gasteiger partial charge is 0.376 e. The summed E-state index contributed by atoms with van der Waals surface area (Å²) in [4.78, 5) is 21.4. The van der Waals surface area contributed by atoms with Crippen molar-refractivity contribution in [2.24, 2.45) is 0 Å². The number of nitrogens with zero attached hydrogens (tertiary/aromatic N) is 3. The third kappa shape index (κ3) is 3.28. The number of ether oxygens (including phenoxy) is 1. The van der Waals surface area contributed by atoms with Gasteiger partial charge in [-0.1, -0.05) is 30.3 Å². The minimum absolute atomic E-state index is 0.0694. The summed E-state index contributed by atoms with van der Waals surface area (Å²) in [5.74, 6) is 0.217. The Bertz CT molecular complexity index is 558. The highest BCUT2D eigenvalue weighted by atomic mass is 16.5. The predicted molar refractivity (Wildman–Crippen MR) is 71.9 cm³/mol. The number of hydrogen-bond donors (Lipinski definition) is 0. The molecule has 1 aromatic heterocycles. The van der Waals surface area contributed by atoms with Crippen molar-refractivity contribution >= 4 is 11.8 Å². The van der Waals surface area contributed by atoms with Crippen molar-refractivity contribution in [3.63, 3.8) is 0 Å². The summed E-state index contributed by atoms with van der Waals surface area (Å²) in [6, 6.07) is 11.8. The van der Waals surface area contributed by atoms with Crippen LogP contribution in [0.25, 0.3) is 0 Å². The highest BCUT2D eigenvalue weighted by Crippen LogP contribution is 2.12. The van der Waals surface area contributed by atoms with Crippen LogP contribution in [0.2, 0.25) is 0 Å². The molecule has 19 heavy (non-hydrogen) atoms. The van der Waals surface area contributed by atoms with E-state index in [2.05, 4.69) is 14.7 Å². The number of carbonyl (C=O) groups is 1. The minimum Gasteiger partial charge on any atom is -0.463 e. The molecule has 0 aliphatic rings. The summed E-state index contributed by atoms with van der Waals surface area (Å²) in [7, 11) is 3.22. The molecule has 1 heterocycles. The van der Waals surface area contributed by atoms with E-state index in [4.69, 9.17) is 0 Å². The fraction of sp³-hybridized carbons (Fsp3) is 0.214. The Hall–Kier alpha value is -2.43. The maximum atomic E-state index is 11.4. The zero-order chi connectivity index (χ0) is 13.7. The fourth-order valence-corrected chi connectivity index (χ4v) is 1.69. The fourth-order valence-electron chi connectivity index (χ4n) is 1.69. The molecule has 2 rings (SSSR count). The number of methoxy groups -OCH3 is 1. The first-order valence-electron chi connectivity index (χ1n) is 5.87. The van der Waals surface area contributed by atoms with E-state index in [0.717, 1.165) is 0 Å². The van der Waals surface area contributed by atoms with Gasteiger partial charge in [0, 0.05) is 19.8 Å². The van der Waals surface area contributed by atoms with Crippen molar-refractivity contribution < 1.29 is 9.53 Å². The normalized spacial score (nSPS) is 10.0. The van der Waals surface area contributed by atoms with Crippen LogP contribution < -0.4 is 4.90 Å². The van der Waals surface area contributed by atoms with Crippen molar-refractivity contribution in [3.05, 3.63) is 54.0 Å². The molecular weight excluding hydrogens is 242 g/mol. The third-order valence-corrected chi connectivity index (χ3v) is 2.66. The van der Waals surface area contributed by atoms with Gasteiger partial charge in [-0.15, -0.1) is 0 Å². The van der Waals surface area contributed by atoms with E-state index >= 15 is 0 Å². The summed E-state index contributed by atoms with van der Waals surface area (Å²) in [6.45, 7) is 0.707. The van der Waals surface area contributed by atoms with Gasteiger partial charge in [0.15, 0.2) is 0 Å². The van der Waals surface area contributed by atoms with E-state index in [0.29, 0.717) is 12.4 Å². The molecule has 0 radical (unpaired) electrons. The van der Waals surface area contributed by atoms with Crippen molar-refractivity contribution in [1.29, 1.82) is 0 Å². The molecule has 0 spiro atoms. The molecular formula is C14H15N3O2. The Morgan fingerprint density at radius 2 is 2.00 bits per heavy atom. The van der Waals surface area contributed by atoms with Crippen molar-refractivity contribution in [2.75, 3.05) is 19.1 Å². The molecule has 1 aromatic carbocycles. The largest absolute Gasteiger partial charge is 0.463 e. The number of anilines is 1. The third-order valence-electron chi connectivity index (χ3n) is 2.66. The second kappa shape index (κ2) is 5.95. The molecule has 0 unspecified atom stereocenters. The molecule has 0 bridgehead atoms. The van der Waals surface area contributed by atoms with Crippen molar-refractivity contribution in [2.45, 2.75) is 6.54 Å². The lowest BCUT2D eigenvalue weighted by Gasteiger charge is -2.18. The Balaban J connectivity index is 2.15. The SMILES string of the molecule is COC(=O)c1nccc(N(C)Cc2ccccc2)n1. The van der Waals surface area contributed by atoms with Crippen LogP contribution in [-0.4, -0.2) is 30.1 Å². The van der Waals surface area contributed by atoms with Crippen LogP contribution in [0, 0.1) is 0 Å².